The van der Waals surface area contributed by atoms with Gasteiger partial charge in [-0.1, -0.05) is 267 Å². The molecule has 0 unspecified atom stereocenters. The first kappa shape index (κ1) is 66.0. The molecule has 0 saturated heterocycles. The van der Waals surface area contributed by atoms with Crippen molar-refractivity contribution < 1.29 is 13.3 Å². The topological polar surface area (TPSA) is 106 Å². The monoisotopic (exact) mass is 1530 g/mol. The number of nitrogens with zero attached hydrogens (tertiary/aromatic N) is 7. The van der Waals surface area contributed by atoms with E-state index in [-0.39, 0.29) is 0 Å². The van der Waals surface area contributed by atoms with Crippen LogP contribution < -0.4 is 0 Å². The Bertz CT molecular complexity index is 8960. The first-order valence-electron chi connectivity index (χ1n) is 40.6. The highest BCUT2D eigenvalue weighted by Crippen LogP contribution is 2.52. The van der Waals surface area contributed by atoms with Gasteiger partial charge >= 0.3 is 0 Å². The standard InChI is InChI=1S/C41H24N2O.C40H23N3O.C29H16N2O/c1-2-8-25(9-3-1)26-16-18-27(19-17-26)28-20-23-37(42-24-28)43-33-14-6-12-31-29-10-4-5-11-30(29)32-13-7-15-35-39(32)41-36(44-35)22-21-34(43)40(41)38(31)33;1-3-11-24(12-4-1)30-23-31(25-13-5-2-6-14-25)42-40(41-30)43-32-19-9-17-28-26-15-7-8-16-27(26)29-18-10-20-34-37(29)39-35(44-34)22-21-33(43)38(39)36(28)32;1-2-8-18-17(7-1)19-9-5-11-21-26(19)28-22(31(21)25-13-3-4-16-30-25)14-15-24-29(28)27-20(18)10-6-12-23(27)32-24/h1-24H;1-23H;1-16H. The van der Waals surface area contributed by atoms with Gasteiger partial charge in [0, 0.05) is 93.7 Å². The summed E-state index contributed by atoms with van der Waals surface area (Å²) in [5.74, 6) is 2.46. The van der Waals surface area contributed by atoms with Gasteiger partial charge < -0.3 is 13.3 Å². The lowest BCUT2D eigenvalue weighted by Crippen LogP contribution is -2.03. The molecule has 28 rings (SSSR count). The van der Waals surface area contributed by atoms with Crippen molar-refractivity contribution in [2.75, 3.05) is 0 Å². The highest BCUT2D eigenvalue weighted by atomic mass is 16.3. The maximum absolute atomic E-state index is 6.52. The van der Waals surface area contributed by atoms with E-state index in [1.807, 2.05) is 42.7 Å². The average Bonchev–Trinajstić information content (AvgIpc) is 1.54. The molecule has 0 N–H and O–H groups in total. The molecule has 0 spiro atoms. The molecule has 19 aromatic carbocycles. The van der Waals surface area contributed by atoms with Gasteiger partial charge in [0.05, 0.1) is 44.5 Å². The summed E-state index contributed by atoms with van der Waals surface area (Å²) in [5, 5.41) is 29.0. The third-order valence-corrected chi connectivity index (χ3v) is 25.0. The van der Waals surface area contributed by atoms with E-state index >= 15 is 0 Å². The molecule has 28 aromatic rings. The average molecular weight is 1530 g/mol. The first-order valence-corrected chi connectivity index (χ1v) is 40.6. The molecule has 120 heavy (non-hydrogen) atoms. The molecule has 556 valence electrons. The molecule has 0 radical (unpaired) electrons. The highest BCUT2D eigenvalue weighted by Gasteiger charge is 2.29. The van der Waals surface area contributed by atoms with E-state index < -0.39 is 0 Å². The van der Waals surface area contributed by atoms with E-state index in [2.05, 4.69) is 353 Å². The van der Waals surface area contributed by atoms with Crippen LogP contribution in [0.25, 0.3) is 258 Å². The van der Waals surface area contributed by atoms with Crippen LogP contribution in [0.5, 0.6) is 0 Å². The van der Waals surface area contributed by atoms with Crippen molar-refractivity contribution in [1.29, 1.82) is 0 Å². The predicted molar refractivity (Wildman–Crippen MR) is 496 cm³/mol. The number of pyridine rings is 2. The Labute approximate surface area is 683 Å². The van der Waals surface area contributed by atoms with Crippen molar-refractivity contribution in [3.63, 3.8) is 0 Å². The van der Waals surface area contributed by atoms with Crippen molar-refractivity contribution >= 4 is 196 Å². The minimum atomic E-state index is 0.641. The minimum absolute atomic E-state index is 0.641. The fourth-order valence-corrected chi connectivity index (χ4v) is 20.0. The Morgan fingerprint density at radius 2 is 0.483 bits per heavy atom. The molecule has 9 aromatic heterocycles. The Hall–Kier alpha value is -16.3. The molecular weight excluding hydrogens is 1470 g/mol. The largest absolute Gasteiger partial charge is 0.456 e. The molecule has 10 nitrogen and oxygen atoms in total. The second-order valence-electron chi connectivity index (χ2n) is 31.3. The number of hydrogen-bond acceptors (Lipinski definition) is 7. The Morgan fingerprint density at radius 3 is 0.867 bits per heavy atom. The zero-order valence-corrected chi connectivity index (χ0v) is 64.2. The van der Waals surface area contributed by atoms with Gasteiger partial charge in [-0.05, 0) is 184 Å². The normalized spacial score (nSPS) is 12.2. The van der Waals surface area contributed by atoms with Crippen LogP contribution in [0.4, 0.5) is 0 Å². The Balaban J connectivity index is 0.0000000987. The van der Waals surface area contributed by atoms with Gasteiger partial charge in [-0.2, -0.15) is 0 Å². The fourth-order valence-electron chi connectivity index (χ4n) is 20.0. The third-order valence-electron chi connectivity index (χ3n) is 25.0. The summed E-state index contributed by atoms with van der Waals surface area (Å²) in [4.78, 5) is 20.3. The van der Waals surface area contributed by atoms with E-state index in [1.165, 1.54) is 130 Å². The zero-order valence-electron chi connectivity index (χ0n) is 64.2. The quantitative estimate of drug-likeness (QED) is 0.156. The smallest absolute Gasteiger partial charge is 0.235 e. The lowest BCUT2D eigenvalue weighted by molar-refractivity contribution is 0.669. The molecule has 0 fully saturated rings. The van der Waals surface area contributed by atoms with Gasteiger partial charge in [-0.25, -0.2) is 19.9 Å². The van der Waals surface area contributed by atoms with Crippen LogP contribution >= 0.6 is 0 Å². The SMILES string of the molecule is c1ccc(-c2cc(-c3ccccc3)nc(-n3c4cccc5c6ccccc6c6cccc7oc8ccc3c(c8c76)c54)n2)cc1.c1ccc(-c2ccc(-c3ccc(-n4c5cccc6c7ccccc7c7cccc8oc9ccc4c(c9c87)c65)nc3)cc2)cc1.c1ccc(-n2c3cccc4c5ccccc5c5cccc6oc7ccc2c(c7c65)c43)nc1. The van der Waals surface area contributed by atoms with Gasteiger partial charge in [0.1, 0.15) is 45.1 Å². The molecule has 9 heterocycles. The second kappa shape index (κ2) is 25.6. The summed E-state index contributed by atoms with van der Waals surface area (Å²) < 4.78 is 26.2. The van der Waals surface area contributed by atoms with Crippen molar-refractivity contribution in [3.05, 3.63) is 382 Å². The number of aromatic nitrogens is 7. The number of hydrogen-bond donors (Lipinski definition) is 0. The molecule has 0 saturated carbocycles. The summed E-state index contributed by atoms with van der Waals surface area (Å²) in [5.41, 5.74) is 20.7. The second-order valence-corrected chi connectivity index (χ2v) is 31.3. The van der Waals surface area contributed by atoms with Crippen LogP contribution in [0.3, 0.4) is 0 Å². The first-order chi connectivity index (χ1) is 59.6. The summed E-state index contributed by atoms with van der Waals surface area (Å²) in [7, 11) is 0. The van der Waals surface area contributed by atoms with Crippen LogP contribution in [0.15, 0.2) is 396 Å². The molecule has 0 bridgehead atoms. The third kappa shape index (κ3) is 9.60. The fraction of sp³-hybridized carbons (Fsp3) is 0. The molecule has 10 heteroatoms. The van der Waals surface area contributed by atoms with Crippen LogP contribution in [-0.4, -0.2) is 33.6 Å². The molecule has 0 aliphatic rings. The van der Waals surface area contributed by atoms with Crippen molar-refractivity contribution in [2.45, 2.75) is 0 Å². The number of benzene rings is 16. The van der Waals surface area contributed by atoms with Crippen LogP contribution in [0.1, 0.15) is 0 Å². The van der Waals surface area contributed by atoms with Gasteiger partial charge in [0.2, 0.25) is 5.95 Å². The lowest BCUT2D eigenvalue weighted by Gasteiger charge is -2.11. The van der Waals surface area contributed by atoms with Crippen LogP contribution in [0.2, 0.25) is 0 Å². The highest BCUT2D eigenvalue weighted by molar-refractivity contribution is 6.41. The lowest BCUT2D eigenvalue weighted by atomic mass is 9.95. The Morgan fingerprint density at radius 1 is 0.183 bits per heavy atom. The van der Waals surface area contributed by atoms with Crippen molar-refractivity contribution in [2.24, 2.45) is 0 Å². The molecular formula is C110H63N7O3. The summed E-state index contributed by atoms with van der Waals surface area (Å²) in [6.07, 6.45) is 3.85. The summed E-state index contributed by atoms with van der Waals surface area (Å²) >= 11 is 0. The van der Waals surface area contributed by atoms with Gasteiger partial charge in [0.15, 0.2) is 0 Å². The van der Waals surface area contributed by atoms with E-state index in [9.17, 15) is 0 Å². The summed E-state index contributed by atoms with van der Waals surface area (Å²) in [6, 6.07) is 130. The van der Waals surface area contributed by atoms with E-state index in [4.69, 9.17) is 33.2 Å². The van der Waals surface area contributed by atoms with Crippen LogP contribution in [0, 0.1) is 0 Å². The Kier molecular flexibility index (Phi) is 14.1. The van der Waals surface area contributed by atoms with Gasteiger partial charge in [0.25, 0.3) is 0 Å². The molecule has 0 aliphatic carbocycles. The number of furan rings is 3. The maximum Gasteiger partial charge on any atom is 0.235 e. The summed E-state index contributed by atoms with van der Waals surface area (Å²) in [6.45, 7) is 0. The van der Waals surface area contributed by atoms with Crippen LogP contribution in [-0.2, 0) is 0 Å². The zero-order chi connectivity index (χ0) is 78.4. The van der Waals surface area contributed by atoms with Gasteiger partial charge in [-0.15, -0.1) is 0 Å². The van der Waals surface area contributed by atoms with Crippen molar-refractivity contribution in [3.8, 4) is 62.4 Å². The van der Waals surface area contributed by atoms with E-state index in [1.54, 1.807) is 0 Å². The number of fused-ring (bicyclic) bond motifs is 9. The van der Waals surface area contributed by atoms with Gasteiger partial charge in [-0.3, -0.25) is 13.7 Å². The number of rotatable bonds is 7. The molecule has 0 aliphatic heterocycles. The van der Waals surface area contributed by atoms with Crippen molar-refractivity contribution in [1.82, 2.24) is 33.6 Å². The molecule has 0 amide bonds. The van der Waals surface area contributed by atoms with E-state index in [0.717, 1.165) is 123 Å². The maximum atomic E-state index is 6.52. The van der Waals surface area contributed by atoms with E-state index in [0.29, 0.717) is 5.95 Å². The molecule has 0 atom stereocenters. The predicted octanol–water partition coefficient (Wildman–Crippen LogP) is 29.5. The minimum Gasteiger partial charge on any atom is -0.456 e.